The number of aryl methyl sites for hydroxylation is 1. The van der Waals surface area contributed by atoms with E-state index in [2.05, 4.69) is 51.2 Å². The summed E-state index contributed by atoms with van der Waals surface area (Å²) >= 11 is 1.53. The van der Waals surface area contributed by atoms with Crippen LogP contribution in [-0.2, 0) is 15.0 Å². The Hall–Kier alpha value is -2.27. The molecule has 26 heavy (non-hydrogen) atoms. The van der Waals surface area contributed by atoms with Crippen LogP contribution in [0.25, 0.3) is 0 Å². The van der Waals surface area contributed by atoms with Gasteiger partial charge >= 0.3 is 0 Å². The number of amides is 2. The van der Waals surface area contributed by atoms with Crippen molar-refractivity contribution in [3.05, 3.63) is 53.6 Å². The third-order valence-corrected chi connectivity index (χ3v) is 5.62. The molecule has 1 heterocycles. The molecule has 4 nitrogen and oxygen atoms in total. The first-order chi connectivity index (χ1) is 12.3. The van der Waals surface area contributed by atoms with Gasteiger partial charge in [-0.3, -0.25) is 9.59 Å². The van der Waals surface area contributed by atoms with Gasteiger partial charge in [-0.2, -0.15) is 0 Å². The van der Waals surface area contributed by atoms with Gasteiger partial charge in [0.05, 0.1) is 17.1 Å². The second-order valence-electron chi connectivity index (χ2n) is 7.56. The molecule has 0 atom stereocenters. The van der Waals surface area contributed by atoms with Crippen LogP contribution in [0.15, 0.2) is 47.4 Å². The number of fused-ring (bicyclic) bond motifs is 1. The zero-order chi connectivity index (χ0) is 18.9. The summed E-state index contributed by atoms with van der Waals surface area (Å²) in [7, 11) is 0. The number of carbonyl (C=O) groups excluding carboxylic acids is 2. The molecule has 2 amide bonds. The molecule has 1 N–H and O–H groups in total. The first-order valence-electron chi connectivity index (χ1n) is 8.69. The molecule has 5 heteroatoms. The van der Waals surface area contributed by atoms with E-state index in [-0.39, 0.29) is 23.8 Å². The Kier molecular flexibility index (Phi) is 5.10. The Morgan fingerprint density at radius 2 is 1.92 bits per heavy atom. The van der Waals surface area contributed by atoms with Crippen LogP contribution in [0.1, 0.15) is 31.9 Å². The van der Waals surface area contributed by atoms with E-state index in [1.165, 1.54) is 17.3 Å². The number of rotatable bonds is 3. The van der Waals surface area contributed by atoms with Gasteiger partial charge in [-0.05, 0) is 41.7 Å². The van der Waals surface area contributed by atoms with Crippen LogP contribution in [0, 0.1) is 6.92 Å². The molecule has 0 saturated heterocycles. The van der Waals surface area contributed by atoms with Gasteiger partial charge in [-0.1, -0.05) is 45.0 Å². The van der Waals surface area contributed by atoms with Crippen LogP contribution >= 0.6 is 11.8 Å². The van der Waals surface area contributed by atoms with E-state index in [9.17, 15) is 9.59 Å². The molecule has 0 radical (unpaired) electrons. The van der Waals surface area contributed by atoms with E-state index in [0.29, 0.717) is 11.4 Å². The lowest BCUT2D eigenvalue weighted by Gasteiger charge is -2.29. The molecule has 1 aliphatic rings. The number of benzene rings is 2. The number of para-hydroxylation sites is 2. The lowest BCUT2D eigenvalue weighted by atomic mass is 9.87. The number of carbonyl (C=O) groups is 2. The summed E-state index contributed by atoms with van der Waals surface area (Å²) in [6.45, 7) is 8.67. The van der Waals surface area contributed by atoms with Gasteiger partial charge < -0.3 is 10.2 Å². The van der Waals surface area contributed by atoms with Gasteiger partial charge in [0.1, 0.15) is 6.54 Å². The molecular formula is C21H24N2O2S. The van der Waals surface area contributed by atoms with Crippen molar-refractivity contribution in [1.29, 1.82) is 0 Å². The first-order valence-corrected chi connectivity index (χ1v) is 9.67. The minimum atomic E-state index is -0.159. The van der Waals surface area contributed by atoms with E-state index in [1.54, 1.807) is 4.90 Å². The number of hydrogen-bond donors (Lipinski definition) is 1. The quantitative estimate of drug-likeness (QED) is 0.819. The zero-order valence-corrected chi connectivity index (χ0v) is 16.4. The van der Waals surface area contributed by atoms with Crippen LogP contribution in [0.2, 0.25) is 0 Å². The van der Waals surface area contributed by atoms with Gasteiger partial charge in [-0.15, -0.1) is 11.8 Å². The molecule has 0 fully saturated rings. The largest absolute Gasteiger partial charge is 0.323 e. The summed E-state index contributed by atoms with van der Waals surface area (Å²) in [6.07, 6.45) is 0. The Labute approximate surface area is 159 Å². The van der Waals surface area contributed by atoms with E-state index < -0.39 is 0 Å². The van der Waals surface area contributed by atoms with E-state index in [0.717, 1.165) is 16.1 Å². The summed E-state index contributed by atoms with van der Waals surface area (Å²) < 4.78 is 0. The number of anilines is 2. The molecule has 0 aromatic heterocycles. The van der Waals surface area contributed by atoms with Crippen molar-refractivity contribution < 1.29 is 9.59 Å². The van der Waals surface area contributed by atoms with Crippen molar-refractivity contribution >= 4 is 35.0 Å². The molecular weight excluding hydrogens is 344 g/mol. The lowest BCUT2D eigenvalue weighted by Crippen LogP contribution is -2.43. The average Bonchev–Trinajstić information content (AvgIpc) is 2.59. The first kappa shape index (κ1) is 18.5. The predicted octanol–water partition coefficient (Wildman–Crippen LogP) is 4.37. The van der Waals surface area contributed by atoms with Crippen LogP contribution in [0.4, 0.5) is 11.4 Å². The zero-order valence-electron chi connectivity index (χ0n) is 15.6. The highest BCUT2D eigenvalue weighted by Crippen LogP contribution is 2.32. The number of nitrogens with one attached hydrogen (secondary N) is 1. The highest BCUT2D eigenvalue weighted by molar-refractivity contribution is 8.00. The molecule has 0 unspecified atom stereocenters. The number of hydrogen-bond acceptors (Lipinski definition) is 3. The predicted molar refractivity (Wildman–Crippen MR) is 108 cm³/mol. The standard InChI is InChI=1S/C21H24N2O2S/c1-14-9-10-15(21(2,3)4)11-18(14)26-13-20(25)23-12-19(24)22-16-7-5-6-8-17(16)23/h5-11H,12-13H2,1-4H3,(H,22,24). The highest BCUT2D eigenvalue weighted by Gasteiger charge is 2.26. The maximum atomic E-state index is 12.8. The molecule has 0 spiro atoms. The maximum Gasteiger partial charge on any atom is 0.244 e. The number of nitrogens with zero attached hydrogens (tertiary/aromatic N) is 1. The molecule has 0 bridgehead atoms. The second-order valence-corrected chi connectivity index (χ2v) is 8.58. The van der Waals surface area contributed by atoms with Gasteiger partial charge in [-0.25, -0.2) is 0 Å². The van der Waals surface area contributed by atoms with E-state index >= 15 is 0 Å². The lowest BCUT2D eigenvalue weighted by molar-refractivity contribution is -0.120. The Morgan fingerprint density at radius 1 is 1.19 bits per heavy atom. The minimum Gasteiger partial charge on any atom is -0.323 e. The smallest absolute Gasteiger partial charge is 0.244 e. The molecule has 3 rings (SSSR count). The van der Waals surface area contributed by atoms with Crippen LogP contribution in [0.3, 0.4) is 0 Å². The fourth-order valence-electron chi connectivity index (χ4n) is 2.90. The molecule has 136 valence electrons. The topological polar surface area (TPSA) is 49.4 Å². The monoisotopic (exact) mass is 368 g/mol. The van der Waals surface area contributed by atoms with Gasteiger partial charge in [0.25, 0.3) is 0 Å². The van der Waals surface area contributed by atoms with Crippen LogP contribution < -0.4 is 10.2 Å². The van der Waals surface area contributed by atoms with Gasteiger partial charge in [0.15, 0.2) is 0 Å². The second kappa shape index (κ2) is 7.16. The summed E-state index contributed by atoms with van der Waals surface area (Å²) in [4.78, 5) is 27.4. The van der Waals surface area contributed by atoms with Crippen molar-refractivity contribution in [3.8, 4) is 0 Å². The Balaban J connectivity index is 1.77. The average molecular weight is 369 g/mol. The number of thioether (sulfide) groups is 1. The molecule has 0 saturated carbocycles. The van der Waals surface area contributed by atoms with E-state index in [1.807, 2.05) is 24.3 Å². The van der Waals surface area contributed by atoms with Gasteiger partial charge in [0, 0.05) is 4.90 Å². The molecule has 1 aliphatic heterocycles. The van der Waals surface area contributed by atoms with Crippen molar-refractivity contribution in [2.75, 3.05) is 22.5 Å². The summed E-state index contributed by atoms with van der Waals surface area (Å²) in [6, 6.07) is 13.8. The molecule has 0 aliphatic carbocycles. The molecule has 2 aromatic carbocycles. The SMILES string of the molecule is Cc1ccc(C(C)(C)C)cc1SCC(=O)N1CC(=O)Nc2ccccc21. The van der Waals surface area contributed by atoms with Crippen molar-refractivity contribution in [3.63, 3.8) is 0 Å². The Morgan fingerprint density at radius 3 is 2.65 bits per heavy atom. The highest BCUT2D eigenvalue weighted by atomic mass is 32.2. The summed E-state index contributed by atoms with van der Waals surface area (Å²) in [5.41, 5.74) is 3.93. The van der Waals surface area contributed by atoms with Gasteiger partial charge in [0.2, 0.25) is 11.8 Å². The molecule has 2 aromatic rings. The third kappa shape index (κ3) is 3.93. The van der Waals surface area contributed by atoms with Crippen molar-refractivity contribution in [1.82, 2.24) is 0 Å². The van der Waals surface area contributed by atoms with Crippen molar-refractivity contribution in [2.24, 2.45) is 0 Å². The summed E-state index contributed by atoms with van der Waals surface area (Å²) in [5, 5.41) is 2.81. The maximum absolute atomic E-state index is 12.8. The summed E-state index contributed by atoms with van der Waals surface area (Å²) in [5.74, 6) is 0.0848. The van der Waals surface area contributed by atoms with Crippen LogP contribution in [0.5, 0.6) is 0 Å². The van der Waals surface area contributed by atoms with Crippen LogP contribution in [-0.4, -0.2) is 24.1 Å². The third-order valence-electron chi connectivity index (χ3n) is 4.48. The normalized spacial score (nSPS) is 14.0. The Bertz CT molecular complexity index is 855. The fourth-order valence-corrected chi connectivity index (χ4v) is 3.84. The van der Waals surface area contributed by atoms with E-state index in [4.69, 9.17) is 0 Å². The minimum absolute atomic E-state index is 0.0575. The fraction of sp³-hybridized carbons (Fsp3) is 0.333. The van der Waals surface area contributed by atoms with Crippen molar-refractivity contribution in [2.45, 2.75) is 38.0 Å².